The Morgan fingerprint density at radius 2 is 1.81 bits per heavy atom. The van der Waals surface area contributed by atoms with Crippen LogP contribution in [0, 0.1) is 11.6 Å². The van der Waals surface area contributed by atoms with Gasteiger partial charge in [-0.1, -0.05) is 0 Å². The third-order valence-electron chi connectivity index (χ3n) is 1.89. The number of aliphatic hydroxyl groups excluding tert-OH is 1. The molecule has 1 aromatic rings. The molecule has 0 saturated heterocycles. The van der Waals surface area contributed by atoms with Crippen molar-refractivity contribution >= 4 is 0 Å². The lowest BCUT2D eigenvalue weighted by molar-refractivity contribution is -0.207. The van der Waals surface area contributed by atoms with Gasteiger partial charge >= 0.3 is 6.18 Å². The second kappa shape index (κ2) is 4.25. The van der Waals surface area contributed by atoms with Gasteiger partial charge in [-0.3, -0.25) is 0 Å². The standard InChI is InChI=1S/C9H7F5O2/c1-16-7-4(8(15)9(12,13)14)2-3-5(10)6(7)11/h2-3,8,15H,1H3/t8-/m1/s1. The van der Waals surface area contributed by atoms with Crippen molar-refractivity contribution in [2.75, 3.05) is 7.11 Å². The maximum absolute atomic E-state index is 13.0. The zero-order chi connectivity index (χ0) is 12.5. The molecule has 0 aromatic heterocycles. The van der Waals surface area contributed by atoms with Crippen molar-refractivity contribution in [1.82, 2.24) is 0 Å². The Morgan fingerprint density at radius 3 is 2.25 bits per heavy atom. The predicted molar refractivity (Wildman–Crippen MR) is 43.9 cm³/mol. The zero-order valence-corrected chi connectivity index (χ0v) is 7.98. The molecular weight excluding hydrogens is 235 g/mol. The van der Waals surface area contributed by atoms with E-state index in [2.05, 4.69) is 4.74 Å². The van der Waals surface area contributed by atoms with Crippen LogP contribution in [0.25, 0.3) is 0 Å². The number of halogens is 5. The molecule has 0 radical (unpaired) electrons. The molecule has 7 heteroatoms. The minimum atomic E-state index is -4.97. The summed E-state index contributed by atoms with van der Waals surface area (Å²) in [4.78, 5) is 0. The molecule has 1 rings (SSSR count). The van der Waals surface area contributed by atoms with Crippen molar-refractivity contribution in [3.63, 3.8) is 0 Å². The lowest BCUT2D eigenvalue weighted by atomic mass is 10.1. The van der Waals surface area contributed by atoms with E-state index in [0.29, 0.717) is 12.1 Å². The van der Waals surface area contributed by atoms with E-state index in [4.69, 9.17) is 5.11 Å². The smallest absolute Gasteiger partial charge is 0.418 e. The Hall–Kier alpha value is -1.37. The molecule has 0 aliphatic rings. The molecule has 0 heterocycles. The molecule has 0 fully saturated rings. The van der Waals surface area contributed by atoms with E-state index in [1.54, 1.807) is 0 Å². The normalized spacial score (nSPS) is 13.7. The fraction of sp³-hybridized carbons (Fsp3) is 0.333. The second-order valence-corrected chi connectivity index (χ2v) is 2.93. The number of hydrogen-bond acceptors (Lipinski definition) is 2. The zero-order valence-electron chi connectivity index (χ0n) is 7.98. The Labute approximate surface area is 87.3 Å². The third kappa shape index (κ3) is 2.24. The Morgan fingerprint density at radius 1 is 1.25 bits per heavy atom. The fourth-order valence-electron chi connectivity index (χ4n) is 1.15. The lowest BCUT2D eigenvalue weighted by Gasteiger charge is -2.17. The van der Waals surface area contributed by atoms with Crippen molar-refractivity contribution in [1.29, 1.82) is 0 Å². The van der Waals surface area contributed by atoms with E-state index < -0.39 is 35.2 Å². The maximum Gasteiger partial charge on any atom is 0.418 e. The number of ether oxygens (including phenoxy) is 1. The number of benzene rings is 1. The van der Waals surface area contributed by atoms with E-state index >= 15 is 0 Å². The molecule has 16 heavy (non-hydrogen) atoms. The summed E-state index contributed by atoms with van der Waals surface area (Å²) in [6.45, 7) is 0. The summed E-state index contributed by atoms with van der Waals surface area (Å²) in [5, 5.41) is 8.89. The van der Waals surface area contributed by atoms with Gasteiger partial charge in [0, 0.05) is 5.56 Å². The van der Waals surface area contributed by atoms with E-state index in [1.165, 1.54) is 0 Å². The van der Waals surface area contributed by atoms with Crippen molar-refractivity contribution in [2.45, 2.75) is 12.3 Å². The maximum atomic E-state index is 13.0. The van der Waals surface area contributed by atoms with Gasteiger partial charge in [-0.15, -0.1) is 0 Å². The molecule has 0 saturated carbocycles. The fourth-order valence-corrected chi connectivity index (χ4v) is 1.15. The van der Waals surface area contributed by atoms with Crippen molar-refractivity contribution < 1.29 is 31.8 Å². The van der Waals surface area contributed by atoms with Gasteiger partial charge in [0.05, 0.1) is 7.11 Å². The van der Waals surface area contributed by atoms with Crippen LogP contribution in [0.15, 0.2) is 12.1 Å². The van der Waals surface area contributed by atoms with Crippen LogP contribution in [-0.2, 0) is 0 Å². The lowest BCUT2D eigenvalue weighted by Crippen LogP contribution is -2.21. The van der Waals surface area contributed by atoms with Gasteiger partial charge in [0.25, 0.3) is 0 Å². The molecule has 0 spiro atoms. The van der Waals surface area contributed by atoms with Crippen LogP contribution in [0.3, 0.4) is 0 Å². The molecule has 0 amide bonds. The quantitative estimate of drug-likeness (QED) is 0.807. The van der Waals surface area contributed by atoms with Gasteiger partial charge in [0.1, 0.15) is 0 Å². The highest BCUT2D eigenvalue weighted by atomic mass is 19.4. The number of aliphatic hydroxyl groups is 1. The van der Waals surface area contributed by atoms with E-state index in [1.807, 2.05) is 0 Å². The first kappa shape index (κ1) is 12.7. The molecular formula is C9H7F5O2. The molecule has 0 bridgehead atoms. The van der Waals surface area contributed by atoms with Crippen LogP contribution in [-0.4, -0.2) is 18.4 Å². The van der Waals surface area contributed by atoms with Crippen molar-refractivity contribution in [2.24, 2.45) is 0 Å². The summed E-state index contributed by atoms with van der Waals surface area (Å²) in [5.41, 5.74) is -0.867. The van der Waals surface area contributed by atoms with E-state index in [-0.39, 0.29) is 0 Å². The van der Waals surface area contributed by atoms with Gasteiger partial charge in [-0.25, -0.2) is 4.39 Å². The summed E-state index contributed by atoms with van der Waals surface area (Å²) >= 11 is 0. The summed E-state index contributed by atoms with van der Waals surface area (Å²) < 4.78 is 66.5. The van der Waals surface area contributed by atoms with Crippen LogP contribution < -0.4 is 4.74 Å². The van der Waals surface area contributed by atoms with Gasteiger partial charge < -0.3 is 9.84 Å². The molecule has 90 valence electrons. The minimum Gasteiger partial charge on any atom is -0.493 e. The average Bonchev–Trinajstić information content (AvgIpc) is 2.19. The molecule has 1 N–H and O–H groups in total. The predicted octanol–water partition coefficient (Wildman–Crippen LogP) is 2.57. The largest absolute Gasteiger partial charge is 0.493 e. The highest BCUT2D eigenvalue weighted by Gasteiger charge is 2.41. The third-order valence-corrected chi connectivity index (χ3v) is 1.89. The topological polar surface area (TPSA) is 29.5 Å². The minimum absolute atomic E-state index is 0.488. The summed E-state index contributed by atoms with van der Waals surface area (Å²) in [5.74, 6) is -3.87. The molecule has 0 aliphatic heterocycles. The Balaban J connectivity index is 3.30. The van der Waals surface area contributed by atoms with E-state index in [0.717, 1.165) is 7.11 Å². The first-order chi connectivity index (χ1) is 7.29. The van der Waals surface area contributed by atoms with Gasteiger partial charge in [0.15, 0.2) is 17.7 Å². The Kier molecular flexibility index (Phi) is 3.37. The number of methoxy groups -OCH3 is 1. The summed E-state index contributed by atoms with van der Waals surface area (Å²) in [6, 6.07) is 1.11. The SMILES string of the molecule is COc1c([C@@H](O)C(F)(F)F)ccc(F)c1F. The van der Waals surface area contributed by atoms with Crippen LogP contribution in [0.1, 0.15) is 11.7 Å². The summed E-state index contributed by atoms with van der Waals surface area (Å²) in [7, 11) is 0.879. The first-order valence-corrected chi connectivity index (χ1v) is 4.05. The van der Waals surface area contributed by atoms with E-state index in [9.17, 15) is 22.0 Å². The van der Waals surface area contributed by atoms with Crippen molar-refractivity contribution in [3.05, 3.63) is 29.3 Å². The average molecular weight is 242 g/mol. The Bertz CT molecular complexity index is 388. The van der Waals surface area contributed by atoms with Gasteiger partial charge in [-0.05, 0) is 12.1 Å². The monoisotopic (exact) mass is 242 g/mol. The highest BCUT2D eigenvalue weighted by molar-refractivity contribution is 5.38. The number of alkyl halides is 3. The second-order valence-electron chi connectivity index (χ2n) is 2.93. The first-order valence-electron chi connectivity index (χ1n) is 4.05. The summed E-state index contributed by atoms with van der Waals surface area (Å²) in [6.07, 6.45) is -7.89. The molecule has 2 nitrogen and oxygen atoms in total. The van der Waals surface area contributed by atoms with Crippen LogP contribution >= 0.6 is 0 Å². The highest BCUT2D eigenvalue weighted by Crippen LogP contribution is 2.38. The number of hydrogen-bond donors (Lipinski definition) is 1. The molecule has 1 atom stereocenters. The molecule has 1 aromatic carbocycles. The number of rotatable bonds is 2. The van der Waals surface area contributed by atoms with Gasteiger partial charge in [-0.2, -0.15) is 17.6 Å². The van der Waals surface area contributed by atoms with Crippen LogP contribution in [0.4, 0.5) is 22.0 Å². The van der Waals surface area contributed by atoms with Crippen LogP contribution in [0.2, 0.25) is 0 Å². The van der Waals surface area contributed by atoms with Crippen LogP contribution in [0.5, 0.6) is 5.75 Å². The molecule has 0 unspecified atom stereocenters. The van der Waals surface area contributed by atoms with Crippen molar-refractivity contribution in [3.8, 4) is 5.75 Å². The van der Waals surface area contributed by atoms with Gasteiger partial charge in [0.2, 0.25) is 5.82 Å². The molecule has 0 aliphatic carbocycles.